The lowest BCUT2D eigenvalue weighted by Crippen LogP contribution is -2.53. The predicted octanol–water partition coefficient (Wildman–Crippen LogP) is 3.75. The van der Waals surface area contributed by atoms with Crippen molar-refractivity contribution in [2.24, 2.45) is 17.8 Å². The lowest BCUT2D eigenvalue weighted by atomic mass is 9.80. The normalized spacial score (nSPS) is 32.4. The molecule has 0 radical (unpaired) electrons. The zero-order chi connectivity index (χ0) is 12.6. The van der Waals surface area contributed by atoms with Gasteiger partial charge in [0.15, 0.2) is 5.78 Å². The maximum Gasteiger partial charge on any atom is 0.152 e. The van der Waals surface area contributed by atoms with Crippen LogP contribution < -0.4 is 0 Å². The fourth-order valence-corrected chi connectivity index (χ4v) is 3.72. The molecule has 0 bridgehead atoms. The Balaban J connectivity index is 0.00000162. The molecule has 1 heterocycles. The minimum atomic E-state index is 0. The van der Waals surface area contributed by atoms with Gasteiger partial charge in [-0.05, 0) is 38.5 Å². The highest BCUT2D eigenvalue weighted by molar-refractivity contribution is 5.85. The molecule has 0 aromatic carbocycles. The third-order valence-electron chi connectivity index (χ3n) is 4.75. The van der Waals surface area contributed by atoms with E-state index in [0.29, 0.717) is 11.8 Å². The van der Waals surface area contributed by atoms with Crippen LogP contribution in [0.5, 0.6) is 0 Å². The first-order valence-electron chi connectivity index (χ1n) is 7.30. The summed E-state index contributed by atoms with van der Waals surface area (Å²) in [5, 5.41) is 0. The van der Waals surface area contributed by atoms with Crippen molar-refractivity contribution >= 4 is 5.78 Å². The second-order valence-corrected chi connectivity index (χ2v) is 6.55. The monoisotopic (exact) mass is 253 g/mol. The summed E-state index contributed by atoms with van der Waals surface area (Å²) in [6.45, 7) is 9.71. The SMILES string of the molecule is C.CC(C)C(=O)C1CC2CCCC2CN1C(C)C. The van der Waals surface area contributed by atoms with E-state index in [1.54, 1.807) is 0 Å². The van der Waals surface area contributed by atoms with E-state index in [1.165, 1.54) is 19.3 Å². The Kier molecular flexibility index (Phi) is 5.39. The molecule has 2 nitrogen and oxygen atoms in total. The minimum Gasteiger partial charge on any atom is -0.298 e. The van der Waals surface area contributed by atoms with Gasteiger partial charge in [-0.25, -0.2) is 0 Å². The van der Waals surface area contributed by atoms with Crippen molar-refractivity contribution in [1.29, 1.82) is 0 Å². The molecule has 2 heteroatoms. The highest BCUT2D eigenvalue weighted by Crippen LogP contribution is 2.41. The van der Waals surface area contributed by atoms with Crippen LogP contribution in [0.25, 0.3) is 0 Å². The first-order chi connectivity index (χ1) is 8.00. The summed E-state index contributed by atoms with van der Waals surface area (Å²) < 4.78 is 0. The topological polar surface area (TPSA) is 20.3 Å². The van der Waals surface area contributed by atoms with Crippen LogP contribution in [-0.4, -0.2) is 29.3 Å². The summed E-state index contributed by atoms with van der Waals surface area (Å²) in [4.78, 5) is 14.8. The number of fused-ring (bicyclic) bond motifs is 1. The molecule has 0 aromatic heterocycles. The molecule has 1 saturated heterocycles. The van der Waals surface area contributed by atoms with Crippen LogP contribution in [0.1, 0.15) is 60.8 Å². The van der Waals surface area contributed by atoms with Gasteiger partial charge >= 0.3 is 0 Å². The molecule has 1 aliphatic heterocycles. The molecule has 0 spiro atoms. The highest BCUT2D eigenvalue weighted by Gasteiger charge is 2.41. The van der Waals surface area contributed by atoms with Crippen LogP contribution >= 0.6 is 0 Å². The zero-order valence-electron chi connectivity index (χ0n) is 11.8. The van der Waals surface area contributed by atoms with Gasteiger partial charge in [0.05, 0.1) is 6.04 Å². The third kappa shape index (κ3) is 2.96. The van der Waals surface area contributed by atoms with E-state index in [4.69, 9.17) is 0 Å². The fourth-order valence-electron chi connectivity index (χ4n) is 3.72. The molecule has 0 aromatic rings. The standard InChI is InChI=1S/C15H27NO.CH4/c1-10(2)15(17)14-8-12-6-5-7-13(12)9-16(14)11(3)4;/h10-14H,5-9H2,1-4H3;1H4. The van der Waals surface area contributed by atoms with Gasteiger partial charge in [-0.1, -0.05) is 34.1 Å². The third-order valence-corrected chi connectivity index (χ3v) is 4.75. The average Bonchev–Trinajstić information content (AvgIpc) is 2.72. The summed E-state index contributed by atoms with van der Waals surface area (Å²) in [7, 11) is 0. The Morgan fingerprint density at radius 2 is 1.72 bits per heavy atom. The molecule has 2 aliphatic rings. The van der Waals surface area contributed by atoms with E-state index in [2.05, 4.69) is 18.7 Å². The summed E-state index contributed by atoms with van der Waals surface area (Å²) in [6, 6.07) is 0.707. The number of nitrogens with zero attached hydrogens (tertiary/aromatic N) is 1. The van der Waals surface area contributed by atoms with Gasteiger partial charge in [0.2, 0.25) is 0 Å². The summed E-state index contributed by atoms with van der Waals surface area (Å²) in [5.74, 6) is 2.34. The molecule has 3 unspecified atom stereocenters. The van der Waals surface area contributed by atoms with E-state index in [9.17, 15) is 4.79 Å². The quantitative estimate of drug-likeness (QED) is 0.763. The van der Waals surface area contributed by atoms with E-state index >= 15 is 0 Å². The van der Waals surface area contributed by atoms with Crippen LogP contribution in [0, 0.1) is 17.8 Å². The zero-order valence-corrected chi connectivity index (χ0v) is 11.8. The van der Waals surface area contributed by atoms with Crippen LogP contribution in [0.2, 0.25) is 0 Å². The molecule has 2 fully saturated rings. The van der Waals surface area contributed by atoms with Crippen molar-refractivity contribution in [2.45, 2.75) is 72.9 Å². The largest absolute Gasteiger partial charge is 0.298 e. The van der Waals surface area contributed by atoms with E-state index < -0.39 is 0 Å². The summed E-state index contributed by atoms with van der Waals surface area (Å²) in [5.41, 5.74) is 0. The van der Waals surface area contributed by atoms with Crippen LogP contribution in [0.15, 0.2) is 0 Å². The highest BCUT2D eigenvalue weighted by atomic mass is 16.1. The molecule has 106 valence electrons. The number of likely N-dealkylation sites (tertiary alicyclic amines) is 1. The van der Waals surface area contributed by atoms with Gasteiger partial charge in [-0.3, -0.25) is 9.69 Å². The number of Topliss-reactive ketones (excluding diaryl/α,β-unsaturated/α-hetero) is 1. The van der Waals surface area contributed by atoms with Gasteiger partial charge < -0.3 is 0 Å². The summed E-state index contributed by atoms with van der Waals surface area (Å²) >= 11 is 0. The number of carbonyl (C=O) groups excluding carboxylic acids is 1. The van der Waals surface area contributed by atoms with Crippen molar-refractivity contribution in [3.8, 4) is 0 Å². The van der Waals surface area contributed by atoms with E-state index in [-0.39, 0.29) is 19.4 Å². The van der Waals surface area contributed by atoms with Gasteiger partial charge in [0.1, 0.15) is 0 Å². The molecule has 0 N–H and O–H groups in total. The Morgan fingerprint density at radius 3 is 2.28 bits per heavy atom. The predicted molar refractivity (Wildman–Crippen MR) is 77.7 cm³/mol. The molecule has 1 aliphatic carbocycles. The number of piperidine rings is 1. The molecule has 2 rings (SSSR count). The molecule has 1 saturated carbocycles. The van der Waals surface area contributed by atoms with Crippen LogP contribution in [0.3, 0.4) is 0 Å². The number of carbonyl (C=O) groups is 1. The minimum absolute atomic E-state index is 0. The van der Waals surface area contributed by atoms with Gasteiger partial charge in [0.25, 0.3) is 0 Å². The lowest BCUT2D eigenvalue weighted by molar-refractivity contribution is -0.131. The second-order valence-electron chi connectivity index (χ2n) is 6.55. The first-order valence-corrected chi connectivity index (χ1v) is 7.30. The lowest BCUT2D eigenvalue weighted by Gasteiger charge is -2.44. The Bertz CT molecular complexity index is 285. The number of ketones is 1. The van der Waals surface area contributed by atoms with E-state index in [0.717, 1.165) is 24.8 Å². The van der Waals surface area contributed by atoms with Gasteiger partial charge in [-0.2, -0.15) is 0 Å². The van der Waals surface area contributed by atoms with Crippen LogP contribution in [-0.2, 0) is 4.79 Å². The molecule has 0 amide bonds. The molecular formula is C16H31NO. The van der Waals surface area contributed by atoms with Crippen LogP contribution in [0.4, 0.5) is 0 Å². The molecular weight excluding hydrogens is 222 g/mol. The van der Waals surface area contributed by atoms with Crippen molar-refractivity contribution < 1.29 is 4.79 Å². The van der Waals surface area contributed by atoms with Crippen molar-refractivity contribution in [2.75, 3.05) is 6.54 Å². The molecule has 3 atom stereocenters. The number of rotatable bonds is 3. The Morgan fingerprint density at radius 1 is 1.11 bits per heavy atom. The van der Waals surface area contributed by atoms with Crippen molar-refractivity contribution in [1.82, 2.24) is 4.90 Å². The Labute approximate surface area is 113 Å². The van der Waals surface area contributed by atoms with Gasteiger partial charge in [0, 0.05) is 18.5 Å². The fraction of sp³-hybridized carbons (Fsp3) is 0.938. The van der Waals surface area contributed by atoms with Crippen molar-refractivity contribution in [3.05, 3.63) is 0 Å². The average molecular weight is 253 g/mol. The first kappa shape index (κ1) is 15.7. The Hall–Kier alpha value is -0.370. The number of hydrogen-bond donors (Lipinski definition) is 0. The number of hydrogen-bond acceptors (Lipinski definition) is 2. The second kappa shape index (κ2) is 6.18. The van der Waals surface area contributed by atoms with Crippen molar-refractivity contribution in [3.63, 3.8) is 0 Å². The maximum absolute atomic E-state index is 12.4. The van der Waals surface area contributed by atoms with Gasteiger partial charge in [-0.15, -0.1) is 0 Å². The smallest absolute Gasteiger partial charge is 0.152 e. The van der Waals surface area contributed by atoms with E-state index in [1.807, 2.05) is 13.8 Å². The summed E-state index contributed by atoms with van der Waals surface area (Å²) in [6.07, 6.45) is 5.25. The molecule has 18 heavy (non-hydrogen) atoms. The maximum atomic E-state index is 12.4.